The molecule has 2 unspecified atom stereocenters. The minimum absolute atomic E-state index is 0.00653. The number of hydrogen-bond acceptors (Lipinski definition) is 2. The molecule has 1 fully saturated rings. The zero-order valence-electron chi connectivity index (χ0n) is 13.5. The highest BCUT2D eigenvalue weighted by Gasteiger charge is 2.30. The number of benzene rings is 2. The van der Waals surface area contributed by atoms with E-state index in [4.69, 9.17) is 0 Å². The van der Waals surface area contributed by atoms with Crippen molar-refractivity contribution in [2.24, 2.45) is 0 Å². The monoisotopic (exact) mass is 330 g/mol. The smallest absolute Gasteiger partial charge is 0.241 e. The summed E-state index contributed by atoms with van der Waals surface area (Å²) in [5, 5.41) is 2.55. The van der Waals surface area contributed by atoms with Crippen molar-refractivity contribution in [1.29, 1.82) is 0 Å². The van der Waals surface area contributed by atoms with Gasteiger partial charge in [-0.3, -0.25) is 9.69 Å². The molecule has 2 atom stereocenters. The van der Waals surface area contributed by atoms with Crippen LogP contribution in [0, 0.1) is 11.6 Å². The number of nitrogens with one attached hydrogen (secondary N) is 1. The number of likely N-dealkylation sites (tertiary alicyclic amines) is 1. The molecule has 5 heteroatoms. The largest absolute Gasteiger partial charge is 0.322 e. The number of hydrogen-bond donors (Lipinski definition) is 1. The van der Waals surface area contributed by atoms with E-state index in [-0.39, 0.29) is 17.6 Å². The predicted molar refractivity (Wildman–Crippen MR) is 89.8 cm³/mol. The van der Waals surface area contributed by atoms with E-state index in [0.717, 1.165) is 31.6 Å². The van der Waals surface area contributed by atoms with Gasteiger partial charge < -0.3 is 5.32 Å². The van der Waals surface area contributed by atoms with Gasteiger partial charge in [0.25, 0.3) is 0 Å². The average molecular weight is 330 g/mol. The van der Waals surface area contributed by atoms with Crippen molar-refractivity contribution in [3.63, 3.8) is 0 Å². The Hall–Kier alpha value is -2.27. The van der Waals surface area contributed by atoms with Crippen LogP contribution in [0.2, 0.25) is 0 Å². The molecule has 0 spiro atoms. The van der Waals surface area contributed by atoms with Gasteiger partial charge in [0.1, 0.15) is 11.6 Å². The van der Waals surface area contributed by atoms with Gasteiger partial charge in [-0.25, -0.2) is 8.78 Å². The highest BCUT2D eigenvalue weighted by molar-refractivity contribution is 5.94. The standard InChI is InChI=1S/C19H20F2N2O/c1-13(19(24)22-18-8-7-16(20)11-17(18)21)23-10-9-15(12-23)14-5-3-2-4-6-14/h2-8,11,13,15H,9-10,12H2,1H3,(H,22,24). The normalized spacial score (nSPS) is 19.2. The summed E-state index contributed by atoms with van der Waals surface area (Å²) < 4.78 is 26.6. The number of carbonyl (C=O) groups excluding carboxylic acids is 1. The van der Waals surface area contributed by atoms with Crippen molar-refractivity contribution >= 4 is 11.6 Å². The molecule has 3 rings (SSSR count). The first kappa shape index (κ1) is 16.6. The minimum Gasteiger partial charge on any atom is -0.322 e. The Morgan fingerprint density at radius 2 is 1.96 bits per heavy atom. The van der Waals surface area contributed by atoms with Crippen molar-refractivity contribution in [2.75, 3.05) is 18.4 Å². The molecule has 1 heterocycles. The van der Waals surface area contributed by atoms with Crippen LogP contribution in [0.5, 0.6) is 0 Å². The lowest BCUT2D eigenvalue weighted by atomic mass is 9.99. The fraction of sp³-hybridized carbons (Fsp3) is 0.316. The highest BCUT2D eigenvalue weighted by atomic mass is 19.1. The van der Waals surface area contributed by atoms with Crippen LogP contribution in [-0.2, 0) is 4.79 Å². The summed E-state index contributed by atoms with van der Waals surface area (Å²) in [7, 11) is 0. The quantitative estimate of drug-likeness (QED) is 0.925. The number of anilines is 1. The Morgan fingerprint density at radius 3 is 2.67 bits per heavy atom. The predicted octanol–water partition coefficient (Wildman–Crippen LogP) is 3.78. The van der Waals surface area contributed by atoms with Crippen LogP contribution in [0.15, 0.2) is 48.5 Å². The molecule has 1 aliphatic rings. The van der Waals surface area contributed by atoms with Crippen LogP contribution in [0.4, 0.5) is 14.5 Å². The SMILES string of the molecule is CC(C(=O)Nc1ccc(F)cc1F)N1CCC(c2ccccc2)C1. The first-order chi connectivity index (χ1) is 11.5. The summed E-state index contributed by atoms with van der Waals surface area (Å²) in [5.41, 5.74) is 1.28. The third-order valence-electron chi connectivity index (χ3n) is 4.61. The number of nitrogens with zero attached hydrogens (tertiary/aromatic N) is 1. The number of rotatable bonds is 4. The van der Waals surface area contributed by atoms with E-state index in [9.17, 15) is 13.6 Å². The number of amides is 1. The van der Waals surface area contributed by atoms with E-state index in [1.165, 1.54) is 11.6 Å². The summed E-state index contributed by atoms with van der Waals surface area (Å²) in [4.78, 5) is 14.5. The summed E-state index contributed by atoms with van der Waals surface area (Å²) in [6.07, 6.45) is 0.993. The molecule has 2 aromatic rings. The lowest BCUT2D eigenvalue weighted by Gasteiger charge is -2.23. The van der Waals surface area contributed by atoms with Gasteiger partial charge in [-0.1, -0.05) is 30.3 Å². The second-order valence-electron chi connectivity index (χ2n) is 6.18. The number of carbonyl (C=O) groups is 1. The zero-order valence-corrected chi connectivity index (χ0v) is 13.5. The van der Waals surface area contributed by atoms with Gasteiger partial charge in [0, 0.05) is 12.6 Å². The number of halogens is 2. The lowest BCUT2D eigenvalue weighted by molar-refractivity contribution is -0.120. The van der Waals surface area contributed by atoms with E-state index >= 15 is 0 Å². The summed E-state index contributed by atoms with van der Waals surface area (Å²) >= 11 is 0. The van der Waals surface area contributed by atoms with Crippen LogP contribution in [0.25, 0.3) is 0 Å². The second kappa shape index (κ2) is 7.09. The van der Waals surface area contributed by atoms with Crippen LogP contribution < -0.4 is 5.32 Å². The topological polar surface area (TPSA) is 32.3 Å². The molecule has 1 aliphatic heterocycles. The molecule has 126 valence electrons. The van der Waals surface area contributed by atoms with E-state index in [2.05, 4.69) is 22.3 Å². The summed E-state index contributed by atoms with van der Waals surface area (Å²) in [6.45, 7) is 3.43. The average Bonchev–Trinajstić information content (AvgIpc) is 3.07. The molecule has 0 radical (unpaired) electrons. The fourth-order valence-corrected chi connectivity index (χ4v) is 3.13. The molecule has 1 N–H and O–H groups in total. The first-order valence-corrected chi connectivity index (χ1v) is 8.09. The first-order valence-electron chi connectivity index (χ1n) is 8.09. The second-order valence-corrected chi connectivity index (χ2v) is 6.18. The van der Waals surface area contributed by atoms with Crippen molar-refractivity contribution in [2.45, 2.75) is 25.3 Å². The van der Waals surface area contributed by atoms with E-state index in [0.29, 0.717) is 5.92 Å². The van der Waals surface area contributed by atoms with Crippen LogP contribution >= 0.6 is 0 Å². The molecule has 0 aromatic heterocycles. The Morgan fingerprint density at radius 1 is 1.21 bits per heavy atom. The fourth-order valence-electron chi connectivity index (χ4n) is 3.13. The molecule has 0 aliphatic carbocycles. The summed E-state index contributed by atoms with van der Waals surface area (Å²) in [6, 6.07) is 13.0. The van der Waals surface area contributed by atoms with Gasteiger partial charge in [0.05, 0.1) is 11.7 Å². The Bertz CT molecular complexity index is 721. The molecule has 3 nitrogen and oxygen atoms in total. The molecule has 24 heavy (non-hydrogen) atoms. The van der Waals surface area contributed by atoms with Gasteiger partial charge in [0.15, 0.2) is 0 Å². The van der Waals surface area contributed by atoms with Gasteiger partial charge in [-0.15, -0.1) is 0 Å². The molecule has 0 saturated carbocycles. The third kappa shape index (κ3) is 3.62. The van der Waals surface area contributed by atoms with E-state index < -0.39 is 11.6 Å². The lowest BCUT2D eigenvalue weighted by Crippen LogP contribution is -2.40. The third-order valence-corrected chi connectivity index (χ3v) is 4.61. The zero-order chi connectivity index (χ0) is 17.1. The maximum absolute atomic E-state index is 13.7. The molecular weight excluding hydrogens is 310 g/mol. The van der Waals surface area contributed by atoms with Crippen molar-refractivity contribution in [3.05, 3.63) is 65.7 Å². The van der Waals surface area contributed by atoms with Gasteiger partial charge in [0.2, 0.25) is 5.91 Å². The Balaban J connectivity index is 1.62. The maximum Gasteiger partial charge on any atom is 0.241 e. The van der Waals surface area contributed by atoms with Crippen molar-refractivity contribution < 1.29 is 13.6 Å². The van der Waals surface area contributed by atoms with E-state index in [1.54, 1.807) is 0 Å². The Labute approximate surface area is 140 Å². The van der Waals surface area contributed by atoms with E-state index in [1.807, 2.05) is 25.1 Å². The van der Waals surface area contributed by atoms with Gasteiger partial charge in [-0.05, 0) is 43.5 Å². The molecule has 1 saturated heterocycles. The van der Waals surface area contributed by atoms with Crippen LogP contribution in [0.3, 0.4) is 0 Å². The van der Waals surface area contributed by atoms with Crippen molar-refractivity contribution in [3.8, 4) is 0 Å². The van der Waals surface area contributed by atoms with Crippen molar-refractivity contribution in [1.82, 2.24) is 4.90 Å². The maximum atomic E-state index is 13.7. The minimum atomic E-state index is -0.765. The molecule has 2 aromatic carbocycles. The molecular formula is C19H20F2N2O. The van der Waals surface area contributed by atoms with Gasteiger partial charge in [-0.2, -0.15) is 0 Å². The molecule has 1 amide bonds. The van der Waals surface area contributed by atoms with Crippen LogP contribution in [-0.4, -0.2) is 29.9 Å². The summed E-state index contributed by atoms with van der Waals surface area (Å²) in [5.74, 6) is -1.30. The Kier molecular flexibility index (Phi) is 4.90. The van der Waals surface area contributed by atoms with Gasteiger partial charge >= 0.3 is 0 Å². The molecule has 0 bridgehead atoms. The highest BCUT2D eigenvalue weighted by Crippen LogP contribution is 2.28. The van der Waals surface area contributed by atoms with Crippen LogP contribution in [0.1, 0.15) is 24.8 Å².